The lowest BCUT2D eigenvalue weighted by Gasteiger charge is -2.34. The van der Waals surface area contributed by atoms with E-state index < -0.39 is 23.6 Å². The van der Waals surface area contributed by atoms with Crippen LogP contribution in [0.25, 0.3) is 0 Å². The number of nitrogens with one attached hydrogen (secondary N) is 1. The molecule has 1 atom stereocenters. The van der Waals surface area contributed by atoms with Gasteiger partial charge in [-0.3, -0.25) is 9.59 Å². The molecular formula is C16H16F3N5O2S. The van der Waals surface area contributed by atoms with Gasteiger partial charge in [-0.15, -0.1) is 0 Å². The van der Waals surface area contributed by atoms with E-state index >= 15 is 0 Å². The number of hydrogen-bond acceptors (Lipinski definition) is 6. The average molecular weight is 399 g/mol. The molecule has 0 bridgehead atoms. The molecular weight excluding hydrogens is 383 g/mol. The molecule has 0 aromatic carbocycles. The highest BCUT2D eigenvalue weighted by atomic mass is 32.1. The van der Waals surface area contributed by atoms with Gasteiger partial charge in [0.15, 0.2) is 5.13 Å². The molecule has 2 aromatic rings. The maximum Gasteiger partial charge on any atom is 0.419 e. The minimum atomic E-state index is -4.52. The van der Waals surface area contributed by atoms with Gasteiger partial charge in [-0.25, -0.2) is 9.97 Å². The van der Waals surface area contributed by atoms with Gasteiger partial charge in [-0.05, 0) is 25.0 Å². The fourth-order valence-electron chi connectivity index (χ4n) is 2.91. The number of pyridine rings is 1. The van der Waals surface area contributed by atoms with Gasteiger partial charge in [0.05, 0.1) is 17.7 Å². The van der Waals surface area contributed by atoms with Crippen molar-refractivity contribution in [1.29, 1.82) is 0 Å². The molecule has 0 spiro atoms. The predicted molar refractivity (Wildman–Crippen MR) is 93.4 cm³/mol. The van der Waals surface area contributed by atoms with E-state index in [-0.39, 0.29) is 28.3 Å². The Bertz CT molecular complexity index is 855. The maximum atomic E-state index is 13.2. The largest absolute Gasteiger partial charge is 0.419 e. The average Bonchev–Trinajstić information content (AvgIpc) is 3.10. The lowest BCUT2D eigenvalue weighted by atomic mass is 9.97. The van der Waals surface area contributed by atoms with Crippen LogP contribution in [0.15, 0.2) is 24.5 Å². The van der Waals surface area contributed by atoms with Crippen LogP contribution in [0.3, 0.4) is 0 Å². The zero-order chi connectivity index (χ0) is 19.6. The van der Waals surface area contributed by atoms with Gasteiger partial charge >= 0.3 is 6.18 Å². The Kier molecular flexibility index (Phi) is 5.31. The Hall–Kier alpha value is -2.69. The van der Waals surface area contributed by atoms with E-state index in [1.807, 2.05) is 0 Å². The number of amides is 2. The third-order valence-electron chi connectivity index (χ3n) is 4.16. The molecule has 144 valence electrons. The maximum absolute atomic E-state index is 13.2. The number of carbonyl (C=O) groups excluding carboxylic acids is 2. The number of hydrogen-bond donors (Lipinski definition) is 2. The Balaban J connectivity index is 1.72. The van der Waals surface area contributed by atoms with Crippen molar-refractivity contribution in [2.75, 3.05) is 23.3 Å². The molecule has 0 aliphatic carbocycles. The van der Waals surface area contributed by atoms with E-state index in [1.165, 1.54) is 23.4 Å². The number of piperidine rings is 1. The zero-order valence-corrected chi connectivity index (χ0v) is 14.8. The number of rotatable bonds is 4. The molecule has 1 saturated heterocycles. The van der Waals surface area contributed by atoms with Gasteiger partial charge in [-0.1, -0.05) is 11.3 Å². The first-order valence-corrected chi connectivity index (χ1v) is 8.91. The summed E-state index contributed by atoms with van der Waals surface area (Å²) >= 11 is 0.944. The van der Waals surface area contributed by atoms with Crippen molar-refractivity contribution in [1.82, 2.24) is 9.97 Å². The second-order valence-corrected chi connectivity index (χ2v) is 7.07. The number of primary amides is 1. The number of aromatic nitrogens is 2. The van der Waals surface area contributed by atoms with Crippen LogP contribution in [0.5, 0.6) is 0 Å². The van der Waals surface area contributed by atoms with E-state index in [9.17, 15) is 22.8 Å². The molecule has 27 heavy (non-hydrogen) atoms. The SMILES string of the molecule is NC(=O)c1cnc(NC(=O)C2CCCN(c3ncccc3C(F)(F)F)C2)s1. The van der Waals surface area contributed by atoms with Crippen molar-refractivity contribution in [3.8, 4) is 0 Å². The molecule has 0 radical (unpaired) electrons. The Morgan fingerprint density at radius 2 is 2.11 bits per heavy atom. The van der Waals surface area contributed by atoms with E-state index in [0.717, 1.165) is 17.4 Å². The monoisotopic (exact) mass is 399 g/mol. The van der Waals surface area contributed by atoms with Gasteiger partial charge in [0.2, 0.25) is 5.91 Å². The predicted octanol–water partition coefficient (Wildman–Crippen LogP) is 2.51. The van der Waals surface area contributed by atoms with Gasteiger partial charge in [-0.2, -0.15) is 13.2 Å². The molecule has 11 heteroatoms. The fourth-order valence-corrected chi connectivity index (χ4v) is 3.58. The third kappa shape index (κ3) is 4.35. The molecule has 1 fully saturated rings. The summed E-state index contributed by atoms with van der Waals surface area (Å²) in [7, 11) is 0. The molecule has 0 saturated carbocycles. The van der Waals surface area contributed by atoms with Crippen molar-refractivity contribution in [2.45, 2.75) is 19.0 Å². The van der Waals surface area contributed by atoms with Gasteiger partial charge < -0.3 is 16.0 Å². The Morgan fingerprint density at radius 3 is 2.78 bits per heavy atom. The number of nitrogens with zero attached hydrogens (tertiary/aromatic N) is 3. The molecule has 1 aliphatic heterocycles. The second-order valence-electron chi connectivity index (χ2n) is 6.04. The van der Waals surface area contributed by atoms with E-state index in [1.54, 1.807) is 0 Å². The molecule has 2 aromatic heterocycles. The smallest absolute Gasteiger partial charge is 0.365 e. The first kappa shape index (κ1) is 19.1. The second kappa shape index (κ2) is 7.51. The summed E-state index contributed by atoms with van der Waals surface area (Å²) in [5.41, 5.74) is 4.32. The van der Waals surface area contributed by atoms with E-state index in [4.69, 9.17) is 5.73 Å². The van der Waals surface area contributed by atoms with Crippen LogP contribution in [-0.2, 0) is 11.0 Å². The van der Waals surface area contributed by atoms with E-state index in [0.29, 0.717) is 19.4 Å². The molecule has 3 N–H and O–H groups in total. The summed E-state index contributed by atoms with van der Waals surface area (Å²) < 4.78 is 39.7. The lowest BCUT2D eigenvalue weighted by Crippen LogP contribution is -2.41. The van der Waals surface area contributed by atoms with Crippen LogP contribution in [0, 0.1) is 5.92 Å². The van der Waals surface area contributed by atoms with Crippen molar-refractivity contribution in [3.63, 3.8) is 0 Å². The van der Waals surface area contributed by atoms with Crippen LogP contribution in [-0.4, -0.2) is 34.9 Å². The van der Waals surface area contributed by atoms with Crippen molar-refractivity contribution in [2.24, 2.45) is 11.7 Å². The number of anilines is 2. The highest BCUT2D eigenvalue weighted by molar-refractivity contribution is 7.17. The zero-order valence-electron chi connectivity index (χ0n) is 14.0. The summed E-state index contributed by atoms with van der Waals surface area (Å²) in [6, 6.07) is 2.21. The van der Waals surface area contributed by atoms with E-state index in [2.05, 4.69) is 15.3 Å². The van der Waals surface area contributed by atoms with Gasteiger partial charge in [0.25, 0.3) is 5.91 Å². The normalized spacial score (nSPS) is 17.6. The summed E-state index contributed by atoms with van der Waals surface area (Å²) in [5, 5.41) is 2.82. The highest BCUT2D eigenvalue weighted by Gasteiger charge is 2.37. The minimum Gasteiger partial charge on any atom is -0.365 e. The van der Waals surface area contributed by atoms with Crippen LogP contribution in [0.2, 0.25) is 0 Å². The first-order chi connectivity index (χ1) is 12.8. The number of alkyl halides is 3. The van der Waals surface area contributed by atoms with Gasteiger partial charge in [0.1, 0.15) is 10.7 Å². The molecule has 1 aliphatic rings. The van der Waals surface area contributed by atoms with Crippen molar-refractivity contribution >= 4 is 34.1 Å². The topological polar surface area (TPSA) is 101 Å². The first-order valence-electron chi connectivity index (χ1n) is 8.09. The number of halogens is 3. The molecule has 2 amide bonds. The quantitative estimate of drug-likeness (QED) is 0.823. The number of thiazole rings is 1. The molecule has 3 heterocycles. The Labute approximate surface area is 156 Å². The summed E-state index contributed by atoms with van der Waals surface area (Å²) in [6.45, 7) is 0.493. The fraction of sp³-hybridized carbons (Fsp3) is 0.375. The van der Waals surface area contributed by atoms with Crippen LogP contribution in [0.1, 0.15) is 28.1 Å². The summed E-state index contributed by atoms with van der Waals surface area (Å²) in [6.07, 6.45) is -0.875. The molecule has 1 unspecified atom stereocenters. The third-order valence-corrected chi connectivity index (χ3v) is 5.09. The van der Waals surface area contributed by atoms with Crippen LogP contribution >= 0.6 is 11.3 Å². The number of nitrogens with two attached hydrogens (primary N) is 1. The van der Waals surface area contributed by atoms with Crippen LogP contribution < -0.4 is 16.0 Å². The molecule has 7 nitrogen and oxygen atoms in total. The summed E-state index contributed by atoms with van der Waals surface area (Å²) in [5.74, 6) is -1.71. The lowest BCUT2D eigenvalue weighted by molar-refractivity contribution is -0.137. The van der Waals surface area contributed by atoms with Crippen molar-refractivity contribution < 1.29 is 22.8 Å². The van der Waals surface area contributed by atoms with Crippen molar-refractivity contribution in [3.05, 3.63) is 35.0 Å². The number of carbonyl (C=O) groups is 2. The standard InChI is InChI=1S/C16H16F3N5O2S/c17-16(18,19)10-4-1-5-21-13(10)24-6-2-3-9(8-24)14(26)23-15-22-7-11(27-15)12(20)25/h1,4-5,7,9H,2-3,6,8H2,(H2,20,25)(H,22,23,26). The summed E-state index contributed by atoms with van der Waals surface area (Å²) in [4.78, 5) is 33.0. The molecule has 3 rings (SSSR count). The highest BCUT2D eigenvalue weighted by Crippen LogP contribution is 2.36. The van der Waals surface area contributed by atoms with Gasteiger partial charge in [0, 0.05) is 19.3 Å². The van der Waals surface area contributed by atoms with Crippen LogP contribution in [0.4, 0.5) is 24.1 Å². The Morgan fingerprint density at radius 1 is 1.33 bits per heavy atom. The minimum absolute atomic E-state index is 0.111.